The van der Waals surface area contributed by atoms with E-state index < -0.39 is 5.97 Å². The van der Waals surface area contributed by atoms with Gasteiger partial charge >= 0.3 is 5.97 Å². The summed E-state index contributed by atoms with van der Waals surface area (Å²) in [5, 5.41) is 11.3. The summed E-state index contributed by atoms with van der Waals surface area (Å²) in [6, 6.07) is 0. The second kappa shape index (κ2) is 35.2. The van der Waals surface area contributed by atoms with E-state index in [2.05, 4.69) is 17.9 Å². The molecule has 0 saturated heterocycles. The second-order valence-electron chi connectivity index (χ2n) is 9.93. The summed E-state index contributed by atoms with van der Waals surface area (Å²) in [4.78, 5) is 22.2. The van der Waals surface area contributed by atoms with E-state index in [0.29, 0.717) is 79.0 Å². The van der Waals surface area contributed by atoms with Crippen molar-refractivity contribution in [3.63, 3.8) is 0 Å². The number of hydrogen-bond acceptors (Lipinski definition) is 9. The second-order valence-corrected chi connectivity index (χ2v) is 10.4. The monoisotopic (exact) mass is 609 g/mol. The minimum absolute atomic E-state index is 0.107. The molecule has 41 heavy (non-hydrogen) atoms. The van der Waals surface area contributed by atoms with Gasteiger partial charge in [0.2, 0.25) is 5.91 Å². The predicted molar refractivity (Wildman–Crippen MR) is 164 cm³/mol. The fourth-order valence-electron chi connectivity index (χ4n) is 3.95. The highest BCUT2D eigenvalue weighted by Crippen LogP contribution is 2.13. The van der Waals surface area contributed by atoms with Crippen LogP contribution in [0.1, 0.15) is 89.9 Å². The molecule has 0 bridgehead atoms. The summed E-state index contributed by atoms with van der Waals surface area (Å²) in [7, 11) is 0. The highest BCUT2D eigenvalue weighted by atomic mass is 32.1. The quantitative estimate of drug-likeness (QED) is 0.0695. The summed E-state index contributed by atoms with van der Waals surface area (Å²) in [5.74, 6) is 0.136. The van der Waals surface area contributed by atoms with Crippen LogP contribution in [0.3, 0.4) is 0 Å². The van der Waals surface area contributed by atoms with Gasteiger partial charge < -0.3 is 38.8 Å². The number of aliphatic carboxylic acids is 1. The fraction of sp³-hybridized carbons (Fsp3) is 0.933. The van der Waals surface area contributed by atoms with Gasteiger partial charge in [0.05, 0.1) is 72.7 Å². The molecule has 0 aromatic heterocycles. The Hall–Kier alpha value is -0.950. The Balaban J connectivity index is 3.15. The maximum atomic E-state index is 11.9. The molecule has 0 aliphatic rings. The number of carboxylic acid groups (broad SMARTS) is 1. The van der Waals surface area contributed by atoms with E-state index in [9.17, 15) is 9.59 Å². The lowest BCUT2D eigenvalue weighted by atomic mass is 10.0. The average molecular weight is 610 g/mol. The molecule has 0 saturated carbocycles. The van der Waals surface area contributed by atoms with Gasteiger partial charge in [-0.15, -0.1) is 0 Å². The molecule has 244 valence electrons. The minimum Gasteiger partial charge on any atom is -0.480 e. The van der Waals surface area contributed by atoms with Gasteiger partial charge in [-0.05, 0) is 18.6 Å². The molecule has 10 nitrogen and oxygen atoms in total. The minimum atomic E-state index is -0.992. The van der Waals surface area contributed by atoms with Gasteiger partial charge in [-0.25, -0.2) is 4.79 Å². The molecule has 0 radical (unpaired) electrons. The van der Waals surface area contributed by atoms with Crippen molar-refractivity contribution in [1.29, 1.82) is 0 Å². The smallest absolute Gasteiger partial charge is 0.329 e. The van der Waals surface area contributed by atoms with Crippen molar-refractivity contribution in [1.82, 2.24) is 5.32 Å². The number of carboxylic acids is 1. The zero-order valence-electron chi connectivity index (χ0n) is 25.5. The maximum Gasteiger partial charge on any atom is 0.329 e. The van der Waals surface area contributed by atoms with Crippen LogP contribution in [-0.4, -0.2) is 109 Å². The van der Waals surface area contributed by atoms with E-state index in [1.165, 1.54) is 70.6 Å². The molecule has 0 atom stereocenters. The number of thiol groups is 1. The molecular weight excluding hydrogens is 550 g/mol. The SMILES string of the molecule is O=C(O)COCCOCCOCCOCCOCCOCCNC(=O)CCCCCCCCCCCCCCCS. The van der Waals surface area contributed by atoms with Crippen molar-refractivity contribution < 1.29 is 43.1 Å². The molecule has 1 amide bonds. The lowest BCUT2D eigenvalue weighted by Crippen LogP contribution is -2.27. The standard InChI is InChI=1S/C30H59NO9S/c32-29(14-12-10-8-6-4-2-1-3-5-7-9-11-13-27-41)31-15-16-35-17-18-36-19-20-37-21-22-38-23-24-39-25-26-40-28-30(33)34/h41H,1-28H2,(H,31,32)(H,33,34). The number of nitrogens with one attached hydrogen (secondary N) is 1. The predicted octanol–water partition coefficient (Wildman–Crippen LogP) is 4.68. The Morgan fingerprint density at radius 3 is 1.22 bits per heavy atom. The van der Waals surface area contributed by atoms with E-state index in [4.69, 9.17) is 33.5 Å². The van der Waals surface area contributed by atoms with Crippen molar-refractivity contribution >= 4 is 24.5 Å². The van der Waals surface area contributed by atoms with E-state index in [-0.39, 0.29) is 19.1 Å². The Labute approximate surface area is 254 Å². The molecule has 0 rings (SSSR count). The molecule has 0 fully saturated rings. The molecule has 0 spiro atoms. The summed E-state index contributed by atoms with van der Waals surface area (Å²) in [6.45, 7) is 5.00. The first kappa shape index (κ1) is 40.1. The Morgan fingerprint density at radius 2 is 0.829 bits per heavy atom. The van der Waals surface area contributed by atoms with Crippen LogP contribution in [0.25, 0.3) is 0 Å². The molecule has 0 aliphatic carbocycles. The van der Waals surface area contributed by atoms with Gasteiger partial charge in [0.1, 0.15) is 6.61 Å². The van der Waals surface area contributed by atoms with Crippen molar-refractivity contribution in [2.24, 2.45) is 0 Å². The Kier molecular flexibility index (Phi) is 34.4. The fourth-order valence-corrected chi connectivity index (χ4v) is 4.18. The average Bonchev–Trinajstić information content (AvgIpc) is 2.96. The van der Waals surface area contributed by atoms with Crippen molar-refractivity contribution in [2.75, 3.05) is 91.6 Å². The summed E-state index contributed by atoms with van der Waals surface area (Å²) in [5.41, 5.74) is 0. The number of unbranched alkanes of at least 4 members (excludes halogenated alkanes) is 12. The third kappa shape index (κ3) is 37.0. The first-order valence-corrected chi connectivity index (χ1v) is 16.4. The van der Waals surface area contributed by atoms with Crippen molar-refractivity contribution in [2.45, 2.75) is 89.9 Å². The van der Waals surface area contributed by atoms with Gasteiger partial charge in [0.25, 0.3) is 0 Å². The Morgan fingerprint density at radius 1 is 0.488 bits per heavy atom. The molecular formula is C30H59NO9S. The lowest BCUT2D eigenvalue weighted by Gasteiger charge is -2.08. The number of rotatable bonds is 35. The zero-order valence-corrected chi connectivity index (χ0v) is 26.4. The van der Waals surface area contributed by atoms with Crippen molar-refractivity contribution in [3.05, 3.63) is 0 Å². The third-order valence-electron chi connectivity index (χ3n) is 6.22. The summed E-state index contributed by atoms with van der Waals surface area (Å²) >= 11 is 4.25. The molecule has 0 heterocycles. The van der Waals surface area contributed by atoms with Gasteiger partial charge in [-0.1, -0.05) is 70.6 Å². The van der Waals surface area contributed by atoms with Crippen LogP contribution in [0.15, 0.2) is 0 Å². The first-order chi connectivity index (χ1) is 20.2. The van der Waals surface area contributed by atoms with Crippen LogP contribution >= 0.6 is 12.6 Å². The van der Waals surface area contributed by atoms with E-state index in [1.54, 1.807) is 0 Å². The molecule has 2 N–H and O–H groups in total. The number of ether oxygens (including phenoxy) is 6. The van der Waals surface area contributed by atoms with Crippen LogP contribution < -0.4 is 5.32 Å². The highest BCUT2D eigenvalue weighted by molar-refractivity contribution is 7.80. The molecule has 0 aromatic carbocycles. The number of carbonyl (C=O) groups excluding carboxylic acids is 1. The maximum absolute atomic E-state index is 11.9. The Bertz CT molecular complexity index is 558. The third-order valence-corrected chi connectivity index (χ3v) is 6.53. The number of amides is 1. The first-order valence-electron chi connectivity index (χ1n) is 15.7. The van der Waals surface area contributed by atoms with Gasteiger partial charge in [-0.2, -0.15) is 12.6 Å². The lowest BCUT2D eigenvalue weighted by molar-refractivity contribution is -0.142. The number of hydrogen-bond donors (Lipinski definition) is 3. The molecule has 0 unspecified atom stereocenters. The van der Waals surface area contributed by atoms with Crippen molar-refractivity contribution in [3.8, 4) is 0 Å². The summed E-state index contributed by atoms with van der Waals surface area (Å²) < 4.78 is 31.8. The van der Waals surface area contributed by atoms with Crippen LogP contribution in [0.5, 0.6) is 0 Å². The highest BCUT2D eigenvalue weighted by Gasteiger charge is 2.01. The summed E-state index contributed by atoms with van der Waals surface area (Å²) in [6.07, 6.45) is 17.3. The van der Waals surface area contributed by atoms with Gasteiger partial charge in [0.15, 0.2) is 0 Å². The number of carbonyl (C=O) groups is 2. The van der Waals surface area contributed by atoms with Gasteiger partial charge in [-0.3, -0.25) is 4.79 Å². The van der Waals surface area contributed by atoms with Crippen LogP contribution in [0.2, 0.25) is 0 Å². The normalized spacial score (nSPS) is 11.2. The molecule has 0 aliphatic heterocycles. The molecule has 0 aromatic rings. The topological polar surface area (TPSA) is 122 Å². The largest absolute Gasteiger partial charge is 0.480 e. The van der Waals surface area contributed by atoms with Crippen LogP contribution in [0, 0.1) is 0 Å². The molecule has 11 heteroatoms. The van der Waals surface area contributed by atoms with Crippen LogP contribution in [0.4, 0.5) is 0 Å². The van der Waals surface area contributed by atoms with E-state index >= 15 is 0 Å². The zero-order chi connectivity index (χ0) is 29.9. The van der Waals surface area contributed by atoms with Gasteiger partial charge in [0, 0.05) is 13.0 Å². The van der Waals surface area contributed by atoms with E-state index in [0.717, 1.165) is 18.6 Å². The van der Waals surface area contributed by atoms with E-state index in [1.807, 2.05) is 0 Å². The van der Waals surface area contributed by atoms with Crippen LogP contribution in [-0.2, 0) is 38.0 Å².